The molecule has 0 aromatic carbocycles. The van der Waals surface area contributed by atoms with Gasteiger partial charge in [-0.25, -0.2) is 4.79 Å². The lowest BCUT2D eigenvalue weighted by molar-refractivity contribution is -0.117. The van der Waals surface area contributed by atoms with Gasteiger partial charge in [-0.2, -0.15) is 11.8 Å². The highest BCUT2D eigenvalue weighted by molar-refractivity contribution is 7.99. The second-order valence-electron chi connectivity index (χ2n) is 4.03. The Morgan fingerprint density at radius 1 is 1.31 bits per heavy atom. The molecule has 3 amide bonds. The van der Waals surface area contributed by atoms with Crippen LogP contribution in [0.1, 0.15) is 20.8 Å². The summed E-state index contributed by atoms with van der Waals surface area (Å²) < 4.78 is 0. The number of imide groups is 1. The molecule has 1 unspecified atom stereocenters. The van der Waals surface area contributed by atoms with E-state index >= 15 is 0 Å². The molecule has 0 aromatic rings. The number of urea groups is 1. The molecule has 0 bridgehead atoms. The zero-order valence-electron chi connectivity index (χ0n) is 10.1. The van der Waals surface area contributed by atoms with Crippen molar-refractivity contribution in [3.8, 4) is 0 Å². The van der Waals surface area contributed by atoms with Crippen molar-refractivity contribution >= 4 is 23.7 Å². The second kappa shape index (κ2) is 8.41. The molecule has 0 fully saturated rings. The lowest BCUT2D eigenvalue weighted by atomic mass is 10.2. The third kappa shape index (κ3) is 8.55. The first-order chi connectivity index (χ1) is 7.45. The van der Waals surface area contributed by atoms with Crippen LogP contribution in [0.25, 0.3) is 0 Å². The summed E-state index contributed by atoms with van der Waals surface area (Å²) in [5, 5.41) is 4.85. The van der Waals surface area contributed by atoms with Crippen LogP contribution in [0, 0.1) is 5.92 Å². The summed E-state index contributed by atoms with van der Waals surface area (Å²) in [5.74, 6) is 1.24. The van der Waals surface area contributed by atoms with Gasteiger partial charge in [0.25, 0.3) is 0 Å². The van der Waals surface area contributed by atoms with Gasteiger partial charge in [0.15, 0.2) is 0 Å². The van der Waals surface area contributed by atoms with Gasteiger partial charge in [0.2, 0.25) is 5.91 Å². The van der Waals surface area contributed by atoms with Crippen molar-refractivity contribution in [2.24, 2.45) is 11.7 Å². The predicted molar refractivity (Wildman–Crippen MR) is 67.4 cm³/mol. The number of rotatable bonds is 6. The van der Waals surface area contributed by atoms with Crippen LogP contribution in [-0.2, 0) is 4.79 Å². The molecule has 0 aromatic heterocycles. The van der Waals surface area contributed by atoms with Crippen molar-refractivity contribution in [1.29, 1.82) is 0 Å². The molecular formula is C10H21N3O2S. The van der Waals surface area contributed by atoms with E-state index in [2.05, 4.69) is 10.6 Å². The van der Waals surface area contributed by atoms with Gasteiger partial charge in [-0.1, -0.05) is 6.92 Å². The predicted octanol–water partition coefficient (Wildman–Crippen LogP) is 0.549. The van der Waals surface area contributed by atoms with Gasteiger partial charge in [0.05, 0.1) is 5.75 Å². The maximum absolute atomic E-state index is 11.3. The van der Waals surface area contributed by atoms with Crippen LogP contribution in [0.15, 0.2) is 0 Å². The highest BCUT2D eigenvalue weighted by Gasteiger charge is 2.09. The first kappa shape index (κ1) is 15.2. The van der Waals surface area contributed by atoms with Gasteiger partial charge in [-0.15, -0.1) is 0 Å². The molecule has 0 heterocycles. The van der Waals surface area contributed by atoms with Gasteiger partial charge in [-0.05, 0) is 32.1 Å². The van der Waals surface area contributed by atoms with Crippen LogP contribution in [-0.4, -0.2) is 36.0 Å². The van der Waals surface area contributed by atoms with E-state index in [1.54, 1.807) is 0 Å². The van der Waals surface area contributed by atoms with E-state index in [1.807, 2.05) is 20.8 Å². The summed E-state index contributed by atoms with van der Waals surface area (Å²) in [6, 6.07) is -0.412. The Labute approximate surface area is 101 Å². The fraction of sp³-hybridized carbons (Fsp3) is 0.800. The first-order valence-electron chi connectivity index (χ1n) is 5.33. The average molecular weight is 247 g/mol. The molecule has 0 saturated heterocycles. The van der Waals surface area contributed by atoms with Gasteiger partial charge in [0.1, 0.15) is 0 Å². The summed E-state index contributed by atoms with van der Waals surface area (Å²) in [6.45, 7) is 6.31. The Bertz CT molecular complexity index is 234. The highest BCUT2D eigenvalue weighted by atomic mass is 32.2. The number of hydrogen-bond acceptors (Lipinski definition) is 4. The molecule has 0 aliphatic heterocycles. The molecule has 4 N–H and O–H groups in total. The van der Waals surface area contributed by atoms with E-state index in [0.29, 0.717) is 12.5 Å². The van der Waals surface area contributed by atoms with Crippen molar-refractivity contribution in [3.63, 3.8) is 0 Å². The Hall–Kier alpha value is -0.750. The molecule has 1 atom stereocenters. The summed E-state index contributed by atoms with van der Waals surface area (Å²) in [7, 11) is 0. The van der Waals surface area contributed by atoms with Crippen molar-refractivity contribution in [2.75, 3.05) is 18.1 Å². The lowest BCUT2D eigenvalue weighted by Crippen LogP contribution is -2.43. The minimum Gasteiger partial charge on any atom is -0.336 e. The zero-order valence-corrected chi connectivity index (χ0v) is 10.9. The SMILES string of the molecule is CC(CN)CSCC(=O)NC(=O)NC(C)C. The van der Waals surface area contributed by atoms with Crippen LogP contribution in [0.5, 0.6) is 0 Å². The molecule has 0 rings (SSSR count). The van der Waals surface area contributed by atoms with Crippen molar-refractivity contribution < 1.29 is 9.59 Å². The number of hydrogen-bond donors (Lipinski definition) is 3. The fourth-order valence-corrected chi connectivity index (χ4v) is 1.80. The van der Waals surface area contributed by atoms with E-state index in [-0.39, 0.29) is 17.7 Å². The molecule has 16 heavy (non-hydrogen) atoms. The van der Waals surface area contributed by atoms with Crippen LogP contribution in [0.2, 0.25) is 0 Å². The summed E-state index contributed by atoms with van der Waals surface area (Å²) in [5.41, 5.74) is 5.45. The summed E-state index contributed by atoms with van der Waals surface area (Å²) in [4.78, 5) is 22.4. The minimum atomic E-state index is -0.438. The topological polar surface area (TPSA) is 84.2 Å². The number of thioether (sulfide) groups is 1. The first-order valence-corrected chi connectivity index (χ1v) is 6.49. The number of carbonyl (C=O) groups excluding carboxylic acids is 2. The number of nitrogens with one attached hydrogen (secondary N) is 2. The molecule has 0 radical (unpaired) electrons. The Balaban J connectivity index is 3.62. The third-order valence-corrected chi connectivity index (χ3v) is 2.98. The molecule has 0 aliphatic carbocycles. The Morgan fingerprint density at radius 3 is 2.44 bits per heavy atom. The van der Waals surface area contributed by atoms with Gasteiger partial charge >= 0.3 is 6.03 Å². The van der Waals surface area contributed by atoms with Crippen LogP contribution in [0.4, 0.5) is 4.79 Å². The molecule has 6 heteroatoms. The molecule has 0 aliphatic rings. The standard InChI is InChI=1S/C10H21N3O2S/c1-7(2)12-10(15)13-9(14)6-16-5-8(3)4-11/h7-8H,4-6,11H2,1-3H3,(H2,12,13,14,15). The maximum Gasteiger partial charge on any atom is 0.321 e. The van der Waals surface area contributed by atoms with Gasteiger partial charge < -0.3 is 11.1 Å². The molecular weight excluding hydrogens is 226 g/mol. The minimum absolute atomic E-state index is 0.0257. The molecule has 94 valence electrons. The van der Waals surface area contributed by atoms with Crippen molar-refractivity contribution in [1.82, 2.24) is 10.6 Å². The number of amides is 3. The van der Waals surface area contributed by atoms with E-state index < -0.39 is 6.03 Å². The van der Waals surface area contributed by atoms with Crippen LogP contribution < -0.4 is 16.4 Å². The number of carbonyl (C=O) groups is 2. The quantitative estimate of drug-likeness (QED) is 0.640. The third-order valence-electron chi connectivity index (χ3n) is 1.71. The van der Waals surface area contributed by atoms with Crippen LogP contribution >= 0.6 is 11.8 Å². The van der Waals surface area contributed by atoms with E-state index in [9.17, 15) is 9.59 Å². The van der Waals surface area contributed by atoms with Gasteiger partial charge in [-0.3, -0.25) is 10.1 Å². The van der Waals surface area contributed by atoms with Crippen molar-refractivity contribution in [2.45, 2.75) is 26.8 Å². The number of nitrogens with two attached hydrogens (primary N) is 1. The summed E-state index contributed by atoms with van der Waals surface area (Å²) in [6.07, 6.45) is 0. The van der Waals surface area contributed by atoms with Crippen molar-refractivity contribution in [3.05, 3.63) is 0 Å². The molecule has 0 spiro atoms. The lowest BCUT2D eigenvalue weighted by Gasteiger charge is -2.10. The molecule has 5 nitrogen and oxygen atoms in total. The zero-order chi connectivity index (χ0) is 12.6. The van der Waals surface area contributed by atoms with E-state index in [1.165, 1.54) is 11.8 Å². The highest BCUT2D eigenvalue weighted by Crippen LogP contribution is 2.06. The largest absolute Gasteiger partial charge is 0.336 e. The monoisotopic (exact) mass is 247 g/mol. The fourth-order valence-electron chi connectivity index (χ4n) is 0.882. The normalized spacial score (nSPS) is 12.3. The van der Waals surface area contributed by atoms with Gasteiger partial charge in [0, 0.05) is 6.04 Å². The second-order valence-corrected chi connectivity index (χ2v) is 5.06. The Morgan fingerprint density at radius 2 is 1.94 bits per heavy atom. The average Bonchev–Trinajstić information content (AvgIpc) is 2.15. The summed E-state index contributed by atoms with van der Waals surface area (Å²) >= 11 is 1.48. The van der Waals surface area contributed by atoms with E-state index in [0.717, 1.165) is 5.75 Å². The smallest absolute Gasteiger partial charge is 0.321 e. The van der Waals surface area contributed by atoms with Crippen LogP contribution in [0.3, 0.4) is 0 Å². The Kier molecular flexibility index (Phi) is 8.01. The maximum atomic E-state index is 11.3. The van der Waals surface area contributed by atoms with E-state index in [4.69, 9.17) is 5.73 Å². The molecule has 0 saturated carbocycles.